The molecule has 8 aromatic carbocycles. The highest BCUT2D eigenvalue weighted by Gasteiger charge is 2.46. The van der Waals surface area contributed by atoms with Crippen LogP contribution in [0.5, 0.6) is 0 Å². The van der Waals surface area contributed by atoms with E-state index in [9.17, 15) is 0 Å². The lowest BCUT2D eigenvalue weighted by atomic mass is 9.67. The van der Waals surface area contributed by atoms with Gasteiger partial charge < -0.3 is 5.32 Å². The van der Waals surface area contributed by atoms with Crippen LogP contribution in [0.25, 0.3) is 33.4 Å². The van der Waals surface area contributed by atoms with Crippen molar-refractivity contribution in [3.05, 3.63) is 251 Å². The molecule has 2 aliphatic rings. The molecular weight excluding hydrogens is 667 g/mol. The molecule has 3 nitrogen and oxygen atoms in total. The Kier molecular flexibility index (Phi) is 8.11. The fourth-order valence-corrected chi connectivity index (χ4v) is 8.47. The molecule has 0 amide bonds. The van der Waals surface area contributed by atoms with Gasteiger partial charge in [-0.25, -0.2) is 9.98 Å². The zero-order valence-electron chi connectivity index (χ0n) is 30.2. The maximum absolute atomic E-state index is 5.13. The van der Waals surface area contributed by atoms with Crippen LogP contribution in [0.15, 0.2) is 222 Å². The standard InChI is InChI=1S/C52H37N3/c1-5-17-36(18-6-1)49-53-50(37-19-7-2-8-20-37)55-51(54-49)42-24-16-23-40(34-42)38-21-15-22-39(33-38)41-31-32-46-45-29-13-14-30-47(45)52(48(46)35-41,43-25-9-3-10-26-43)44-27-11-4-12-28-44/h1-35,51H,(H,53,54,55). The Morgan fingerprint density at radius 2 is 0.891 bits per heavy atom. The highest BCUT2D eigenvalue weighted by Crippen LogP contribution is 2.56. The summed E-state index contributed by atoms with van der Waals surface area (Å²) < 4.78 is 0. The normalized spacial score (nSPS) is 15.2. The summed E-state index contributed by atoms with van der Waals surface area (Å²) in [6.07, 6.45) is -0.298. The molecule has 1 heterocycles. The van der Waals surface area contributed by atoms with E-state index in [2.05, 4.69) is 181 Å². The minimum Gasteiger partial charge on any atom is -0.344 e. The monoisotopic (exact) mass is 703 g/mol. The molecule has 10 rings (SSSR count). The van der Waals surface area contributed by atoms with Crippen LogP contribution >= 0.6 is 0 Å². The zero-order valence-corrected chi connectivity index (χ0v) is 30.2. The Morgan fingerprint density at radius 3 is 1.56 bits per heavy atom. The first-order valence-corrected chi connectivity index (χ1v) is 18.9. The van der Waals surface area contributed by atoms with Gasteiger partial charge in [-0.3, -0.25) is 0 Å². The topological polar surface area (TPSA) is 36.8 Å². The number of fused-ring (bicyclic) bond motifs is 3. The molecule has 1 unspecified atom stereocenters. The summed E-state index contributed by atoms with van der Waals surface area (Å²) in [7, 11) is 0. The molecule has 0 radical (unpaired) electrons. The van der Waals surface area contributed by atoms with Crippen molar-refractivity contribution in [1.82, 2.24) is 5.32 Å². The molecule has 3 heteroatoms. The largest absolute Gasteiger partial charge is 0.344 e. The van der Waals surface area contributed by atoms with Crippen molar-refractivity contribution in [1.29, 1.82) is 0 Å². The quantitative estimate of drug-likeness (QED) is 0.176. The van der Waals surface area contributed by atoms with E-state index in [1.165, 1.54) is 44.5 Å². The predicted octanol–water partition coefficient (Wildman–Crippen LogP) is 11.9. The third kappa shape index (κ3) is 5.69. The van der Waals surface area contributed by atoms with Crippen molar-refractivity contribution in [3.8, 4) is 33.4 Å². The van der Waals surface area contributed by atoms with Crippen LogP contribution in [0.4, 0.5) is 0 Å². The summed E-state index contributed by atoms with van der Waals surface area (Å²) in [6.45, 7) is 0. The van der Waals surface area contributed by atoms with Crippen molar-refractivity contribution in [2.45, 2.75) is 11.6 Å². The maximum atomic E-state index is 5.13. The minimum atomic E-state index is -0.440. The van der Waals surface area contributed by atoms with E-state index in [1.807, 2.05) is 36.4 Å². The minimum absolute atomic E-state index is 0.298. The number of amidine groups is 2. The summed E-state index contributed by atoms with van der Waals surface area (Å²) in [5.41, 5.74) is 15.0. The molecule has 8 aromatic rings. The predicted molar refractivity (Wildman–Crippen MR) is 226 cm³/mol. The molecule has 1 aliphatic carbocycles. The van der Waals surface area contributed by atoms with Crippen molar-refractivity contribution in [2.24, 2.45) is 9.98 Å². The lowest BCUT2D eigenvalue weighted by Gasteiger charge is -2.34. The van der Waals surface area contributed by atoms with Gasteiger partial charge in [-0.05, 0) is 79.4 Å². The summed E-state index contributed by atoms with van der Waals surface area (Å²) >= 11 is 0. The average Bonchev–Trinajstić information content (AvgIpc) is 3.58. The Balaban J connectivity index is 1.05. The number of nitrogens with one attached hydrogen (secondary N) is 1. The molecule has 0 saturated heterocycles. The lowest BCUT2D eigenvalue weighted by Crippen LogP contribution is -2.33. The van der Waals surface area contributed by atoms with Crippen molar-refractivity contribution >= 4 is 11.7 Å². The van der Waals surface area contributed by atoms with E-state index in [0.29, 0.717) is 0 Å². The number of benzene rings is 8. The SMILES string of the molecule is c1ccc(C2=NC(c3cccc(-c4cccc(-c5ccc6c(c5)C(c5ccccc5)(c5ccccc5)c5ccccc5-6)c4)c3)NC(c3ccccc3)=N2)cc1. The van der Waals surface area contributed by atoms with Gasteiger partial charge in [-0.15, -0.1) is 0 Å². The van der Waals surface area contributed by atoms with E-state index < -0.39 is 5.41 Å². The van der Waals surface area contributed by atoms with E-state index in [1.54, 1.807) is 0 Å². The van der Waals surface area contributed by atoms with Crippen molar-refractivity contribution in [2.75, 3.05) is 0 Å². The van der Waals surface area contributed by atoms with Crippen molar-refractivity contribution < 1.29 is 0 Å². The Bertz CT molecular complexity index is 2680. The molecule has 1 aliphatic heterocycles. The lowest BCUT2D eigenvalue weighted by molar-refractivity contribution is 0.674. The molecule has 0 fully saturated rings. The van der Waals surface area contributed by atoms with Crippen LogP contribution in [0.3, 0.4) is 0 Å². The second-order valence-electron chi connectivity index (χ2n) is 14.2. The number of rotatable bonds is 7. The zero-order chi connectivity index (χ0) is 36.6. The van der Waals surface area contributed by atoms with Crippen LogP contribution in [0, 0.1) is 0 Å². The van der Waals surface area contributed by atoms with Gasteiger partial charge >= 0.3 is 0 Å². The van der Waals surface area contributed by atoms with Crippen LogP contribution in [0.1, 0.15) is 45.1 Å². The summed E-state index contributed by atoms with van der Waals surface area (Å²) in [5, 5.41) is 3.63. The van der Waals surface area contributed by atoms with Gasteiger partial charge in [0, 0.05) is 11.1 Å². The first-order chi connectivity index (χ1) is 27.3. The smallest absolute Gasteiger partial charge is 0.159 e. The van der Waals surface area contributed by atoms with Crippen LogP contribution < -0.4 is 5.32 Å². The van der Waals surface area contributed by atoms with Gasteiger partial charge in [0.05, 0.1) is 5.41 Å². The van der Waals surface area contributed by atoms with Crippen molar-refractivity contribution in [3.63, 3.8) is 0 Å². The second kappa shape index (κ2) is 13.7. The fraction of sp³-hybridized carbons (Fsp3) is 0.0385. The van der Waals surface area contributed by atoms with Crippen LogP contribution in [0.2, 0.25) is 0 Å². The first-order valence-electron chi connectivity index (χ1n) is 18.9. The Labute approximate surface area is 322 Å². The molecule has 0 spiro atoms. The second-order valence-corrected chi connectivity index (χ2v) is 14.2. The van der Waals surface area contributed by atoms with Crippen LogP contribution in [-0.2, 0) is 5.41 Å². The van der Waals surface area contributed by atoms with Gasteiger partial charge in [0.1, 0.15) is 12.0 Å². The van der Waals surface area contributed by atoms with Gasteiger partial charge in [0.15, 0.2) is 5.84 Å². The van der Waals surface area contributed by atoms with Crippen LogP contribution in [-0.4, -0.2) is 11.7 Å². The van der Waals surface area contributed by atoms with Gasteiger partial charge in [-0.2, -0.15) is 0 Å². The molecule has 1 atom stereocenters. The molecular formula is C52H37N3. The number of hydrogen-bond acceptors (Lipinski definition) is 3. The Hall–Kier alpha value is -7.10. The number of hydrogen-bond donors (Lipinski definition) is 1. The van der Waals surface area contributed by atoms with E-state index in [4.69, 9.17) is 9.98 Å². The molecule has 260 valence electrons. The summed E-state index contributed by atoms with van der Waals surface area (Å²) in [4.78, 5) is 10.1. The molecule has 1 N–H and O–H groups in total. The number of aliphatic imine (C=N–C) groups is 2. The van der Waals surface area contributed by atoms with Gasteiger partial charge in [-0.1, -0.05) is 194 Å². The fourth-order valence-electron chi connectivity index (χ4n) is 8.47. The molecule has 0 aromatic heterocycles. The first kappa shape index (κ1) is 32.5. The molecule has 0 saturated carbocycles. The van der Waals surface area contributed by atoms with E-state index >= 15 is 0 Å². The molecule has 0 bridgehead atoms. The van der Waals surface area contributed by atoms with Gasteiger partial charge in [0.2, 0.25) is 0 Å². The highest BCUT2D eigenvalue weighted by atomic mass is 15.2. The third-order valence-corrected chi connectivity index (χ3v) is 11.0. The third-order valence-electron chi connectivity index (χ3n) is 11.0. The molecule has 55 heavy (non-hydrogen) atoms. The summed E-state index contributed by atoms with van der Waals surface area (Å²) in [5.74, 6) is 1.53. The Morgan fingerprint density at radius 1 is 0.382 bits per heavy atom. The average molecular weight is 704 g/mol. The van der Waals surface area contributed by atoms with E-state index in [-0.39, 0.29) is 6.17 Å². The van der Waals surface area contributed by atoms with Gasteiger partial charge in [0.25, 0.3) is 0 Å². The highest BCUT2D eigenvalue weighted by molar-refractivity contribution is 6.13. The van der Waals surface area contributed by atoms with E-state index in [0.717, 1.165) is 39.5 Å². The maximum Gasteiger partial charge on any atom is 0.159 e. The number of nitrogens with zero attached hydrogens (tertiary/aromatic N) is 2. The summed E-state index contributed by atoms with van der Waals surface area (Å²) in [6, 6.07) is 76.1.